The lowest BCUT2D eigenvalue weighted by Gasteiger charge is -2.20. The maximum Gasteiger partial charge on any atom is 0.407 e. The zero-order valence-electron chi connectivity index (χ0n) is 23.1. The topological polar surface area (TPSA) is 108 Å². The molecule has 4 aromatic carbocycles. The fourth-order valence-corrected chi connectivity index (χ4v) is 6.08. The minimum absolute atomic E-state index is 0.0517. The number of ether oxygens (including phenoxy) is 2. The number of carbonyl (C=O) groups excluding carboxylic acids is 2. The summed E-state index contributed by atoms with van der Waals surface area (Å²) in [6.45, 7) is 2.08. The minimum atomic E-state index is -3.97. The molecule has 0 aliphatic heterocycles. The largest absolute Gasteiger partial charge is 0.466 e. The van der Waals surface area contributed by atoms with Gasteiger partial charge in [0.1, 0.15) is 17.3 Å². The van der Waals surface area contributed by atoms with Crippen molar-refractivity contribution in [3.05, 3.63) is 120 Å². The summed E-state index contributed by atoms with van der Waals surface area (Å²) in [6, 6.07) is 29.9. The number of hydrogen-bond donors (Lipinski definition) is 1. The molecule has 0 saturated carbocycles. The molecular formula is C33H31NO7S. The van der Waals surface area contributed by atoms with E-state index < -0.39 is 28.2 Å². The SMILES string of the molecule is CCOC(=O)CC(Cc1ccc(OS(=O)(=O)c2ccccc2)cc1)NC(=O)OCC1c2ccccc2-c2ccccc21. The molecular weight excluding hydrogens is 554 g/mol. The van der Waals surface area contributed by atoms with E-state index in [4.69, 9.17) is 13.7 Å². The van der Waals surface area contributed by atoms with E-state index in [1.807, 2.05) is 36.4 Å². The molecule has 9 heteroatoms. The van der Waals surface area contributed by atoms with Crippen molar-refractivity contribution in [3.8, 4) is 16.9 Å². The molecule has 0 fully saturated rings. The Balaban J connectivity index is 1.23. The summed E-state index contributed by atoms with van der Waals surface area (Å²) in [5, 5.41) is 2.81. The lowest BCUT2D eigenvalue weighted by molar-refractivity contribution is -0.143. The molecule has 4 aromatic rings. The fourth-order valence-electron chi connectivity index (χ4n) is 5.13. The van der Waals surface area contributed by atoms with Crippen LogP contribution in [0.25, 0.3) is 11.1 Å². The number of nitrogens with one attached hydrogen (secondary N) is 1. The standard InChI is InChI=1S/C33H31NO7S/c1-2-39-32(35)21-24(20-23-16-18-25(19-17-23)41-42(37,38)26-10-4-3-5-11-26)34-33(36)40-22-31-29-14-8-6-12-27(29)28-13-7-9-15-30(28)31/h3-19,24,31H,2,20-22H2,1H3,(H,34,36). The fraction of sp³-hybridized carbons (Fsp3) is 0.212. The average Bonchev–Trinajstić information content (AvgIpc) is 3.31. The molecule has 1 aliphatic rings. The van der Waals surface area contributed by atoms with Crippen LogP contribution < -0.4 is 9.50 Å². The third kappa shape index (κ3) is 6.80. The van der Waals surface area contributed by atoms with Crippen LogP contribution in [-0.2, 0) is 30.8 Å². The van der Waals surface area contributed by atoms with Gasteiger partial charge in [-0.3, -0.25) is 4.79 Å². The summed E-state index contributed by atoms with van der Waals surface area (Å²) in [5.74, 6) is -0.393. The Labute approximate surface area is 245 Å². The number of amides is 1. The lowest BCUT2D eigenvalue weighted by Crippen LogP contribution is -2.39. The zero-order chi connectivity index (χ0) is 29.5. The van der Waals surface area contributed by atoms with Gasteiger partial charge in [0, 0.05) is 12.0 Å². The van der Waals surface area contributed by atoms with Gasteiger partial charge in [0.25, 0.3) is 0 Å². The van der Waals surface area contributed by atoms with E-state index in [0.29, 0.717) is 0 Å². The summed E-state index contributed by atoms with van der Waals surface area (Å²) in [5.41, 5.74) is 5.22. The average molecular weight is 586 g/mol. The molecule has 1 N–H and O–H groups in total. The molecule has 216 valence electrons. The van der Waals surface area contributed by atoms with Crippen molar-refractivity contribution >= 4 is 22.2 Å². The second-order valence-corrected chi connectivity index (χ2v) is 11.4. The molecule has 42 heavy (non-hydrogen) atoms. The predicted octanol–water partition coefficient (Wildman–Crippen LogP) is 5.86. The maximum atomic E-state index is 12.9. The zero-order valence-corrected chi connectivity index (χ0v) is 23.9. The molecule has 8 nitrogen and oxygen atoms in total. The highest BCUT2D eigenvalue weighted by Crippen LogP contribution is 2.44. The van der Waals surface area contributed by atoms with Crippen molar-refractivity contribution in [2.45, 2.75) is 36.6 Å². The summed E-state index contributed by atoms with van der Waals surface area (Å²) in [6.07, 6.45) is -0.409. The molecule has 0 spiro atoms. The first-order chi connectivity index (χ1) is 20.3. The first-order valence-corrected chi connectivity index (χ1v) is 15.1. The maximum absolute atomic E-state index is 12.9. The Morgan fingerprint density at radius 3 is 2.00 bits per heavy atom. The summed E-state index contributed by atoms with van der Waals surface area (Å²) < 4.78 is 41.1. The van der Waals surface area contributed by atoms with Crippen LogP contribution in [0.2, 0.25) is 0 Å². The van der Waals surface area contributed by atoms with E-state index in [9.17, 15) is 18.0 Å². The van der Waals surface area contributed by atoms with Crippen molar-refractivity contribution in [3.63, 3.8) is 0 Å². The smallest absolute Gasteiger partial charge is 0.407 e. The van der Waals surface area contributed by atoms with Gasteiger partial charge in [-0.25, -0.2) is 4.79 Å². The van der Waals surface area contributed by atoms with Gasteiger partial charge in [-0.15, -0.1) is 0 Å². The number of carbonyl (C=O) groups is 2. The number of hydrogen-bond acceptors (Lipinski definition) is 7. The summed E-state index contributed by atoms with van der Waals surface area (Å²) >= 11 is 0. The van der Waals surface area contributed by atoms with E-state index in [0.717, 1.165) is 27.8 Å². The number of benzene rings is 4. The summed E-state index contributed by atoms with van der Waals surface area (Å²) in [7, 11) is -3.97. The minimum Gasteiger partial charge on any atom is -0.466 e. The highest BCUT2D eigenvalue weighted by Gasteiger charge is 2.29. The van der Waals surface area contributed by atoms with Crippen LogP contribution in [0.5, 0.6) is 5.75 Å². The van der Waals surface area contributed by atoms with Gasteiger partial charge in [0.05, 0.1) is 13.0 Å². The molecule has 5 rings (SSSR count). The van der Waals surface area contributed by atoms with Gasteiger partial charge in [0.15, 0.2) is 0 Å². The van der Waals surface area contributed by atoms with E-state index in [2.05, 4.69) is 17.4 Å². The van der Waals surface area contributed by atoms with E-state index >= 15 is 0 Å². The van der Waals surface area contributed by atoms with E-state index in [-0.39, 0.29) is 42.6 Å². The normalized spacial score (nSPS) is 13.0. The lowest BCUT2D eigenvalue weighted by atomic mass is 9.98. The summed E-state index contributed by atoms with van der Waals surface area (Å²) in [4.78, 5) is 25.3. The quantitative estimate of drug-likeness (QED) is 0.174. The third-order valence-electron chi connectivity index (χ3n) is 7.03. The van der Waals surface area contributed by atoms with Crippen LogP contribution in [0.1, 0.15) is 36.0 Å². The van der Waals surface area contributed by atoms with Crippen molar-refractivity contribution in [2.24, 2.45) is 0 Å². The van der Waals surface area contributed by atoms with Crippen molar-refractivity contribution in [1.82, 2.24) is 5.32 Å². The van der Waals surface area contributed by atoms with Crippen LogP contribution in [-0.4, -0.2) is 39.7 Å². The Kier molecular flexibility index (Phi) is 8.88. The number of alkyl carbamates (subject to hydrolysis) is 1. The van der Waals surface area contributed by atoms with Crippen LogP contribution in [0.15, 0.2) is 108 Å². The van der Waals surface area contributed by atoms with E-state index in [1.54, 1.807) is 37.3 Å². The molecule has 1 unspecified atom stereocenters. The Bertz CT molecular complexity index is 1610. The van der Waals surface area contributed by atoms with Crippen molar-refractivity contribution < 1.29 is 31.7 Å². The molecule has 1 aliphatic carbocycles. The second-order valence-electron chi connectivity index (χ2n) is 9.87. The predicted molar refractivity (Wildman–Crippen MR) is 158 cm³/mol. The van der Waals surface area contributed by atoms with Crippen LogP contribution in [0, 0.1) is 0 Å². The van der Waals surface area contributed by atoms with Gasteiger partial charge < -0.3 is 19.0 Å². The number of rotatable bonds is 11. The molecule has 0 radical (unpaired) electrons. The van der Waals surface area contributed by atoms with Gasteiger partial charge in [-0.1, -0.05) is 78.9 Å². The highest BCUT2D eigenvalue weighted by molar-refractivity contribution is 7.87. The van der Waals surface area contributed by atoms with E-state index in [1.165, 1.54) is 24.3 Å². The molecule has 0 bridgehead atoms. The second kappa shape index (κ2) is 12.9. The van der Waals surface area contributed by atoms with Crippen LogP contribution in [0.4, 0.5) is 4.79 Å². The Hall–Kier alpha value is -4.63. The van der Waals surface area contributed by atoms with Gasteiger partial charge >= 0.3 is 22.2 Å². The highest BCUT2D eigenvalue weighted by atomic mass is 32.2. The molecule has 1 amide bonds. The Morgan fingerprint density at radius 1 is 0.786 bits per heavy atom. The van der Waals surface area contributed by atoms with Gasteiger partial charge in [-0.05, 0) is 65.4 Å². The van der Waals surface area contributed by atoms with Gasteiger partial charge in [0.2, 0.25) is 0 Å². The Morgan fingerprint density at radius 2 is 1.38 bits per heavy atom. The first-order valence-electron chi connectivity index (χ1n) is 13.7. The van der Waals surface area contributed by atoms with Gasteiger partial charge in [-0.2, -0.15) is 8.42 Å². The third-order valence-corrected chi connectivity index (χ3v) is 8.29. The molecule has 0 aromatic heterocycles. The van der Waals surface area contributed by atoms with Crippen LogP contribution >= 0.6 is 0 Å². The number of esters is 1. The molecule has 1 atom stereocenters. The first kappa shape index (κ1) is 28.9. The monoisotopic (exact) mass is 585 g/mol. The molecule has 0 heterocycles. The molecule has 0 saturated heterocycles. The van der Waals surface area contributed by atoms with Crippen molar-refractivity contribution in [2.75, 3.05) is 13.2 Å². The number of fused-ring (bicyclic) bond motifs is 3. The van der Waals surface area contributed by atoms with Crippen molar-refractivity contribution in [1.29, 1.82) is 0 Å². The van der Waals surface area contributed by atoms with Crippen LogP contribution in [0.3, 0.4) is 0 Å².